The van der Waals surface area contributed by atoms with Crippen LogP contribution in [0.25, 0.3) is 0 Å². The summed E-state index contributed by atoms with van der Waals surface area (Å²) in [4.78, 5) is 12.2. The number of carbonyl (C=O) groups excluding carboxylic acids is 1. The normalized spacial score (nSPS) is 11.9. The predicted molar refractivity (Wildman–Crippen MR) is 116 cm³/mol. The molecule has 0 spiro atoms. The molecule has 5 heteroatoms. The van der Waals surface area contributed by atoms with Crippen molar-refractivity contribution in [1.82, 2.24) is 5.43 Å². The van der Waals surface area contributed by atoms with E-state index in [0.717, 1.165) is 17.1 Å². The predicted octanol–water partition coefficient (Wildman–Crippen LogP) is 5.25. The van der Waals surface area contributed by atoms with Gasteiger partial charge in [-0.3, -0.25) is 4.79 Å². The molecule has 3 rings (SSSR count). The molecule has 0 aliphatic carbocycles. The highest BCUT2D eigenvalue weighted by Gasteiger charge is 2.12. The van der Waals surface area contributed by atoms with Crippen molar-refractivity contribution in [3.63, 3.8) is 0 Å². The van der Waals surface area contributed by atoms with Crippen molar-refractivity contribution >= 4 is 23.9 Å². The van der Waals surface area contributed by atoms with E-state index in [1.54, 1.807) is 18.0 Å². The van der Waals surface area contributed by atoms with Crippen LogP contribution in [0.4, 0.5) is 0 Å². The second kappa shape index (κ2) is 10.3. The van der Waals surface area contributed by atoms with Crippen LogP contribution in [0.3, 0.4) is 0 Å². The van der Waals surface area contributed by atoms with Crippen LogP contribution in [-0.2, 0) is 10.5 Å². The number of nitrogens with zero attached hydrogens (tertiary/aromatic N) is 1. The van der Waals surface area contributed by atoms with E-state index in [0.29, 0.717) is 5.75 Å². The van der Waals surface area contributed by atoms with Crippen molar-refractivity contribution in [3.05, 3.63) is 96.1 Å². The first kappa shape index (κ1) is 19.7. The van der Waals surface area contributed by atoms with Crippen LogP contribution in [0.15, 0.2) is 90.0 Å². The van der Waals surface area contributed by atoms with Crippen LogP contribution in [-0.4, -0.2) is 17.4 Å². The van der Waals surface area contributed by atoms with E-state index >= 15 is 0 Å². The second-order valence-electron chi connectivity index (χ2n) is 6.16. The molecule has 4 nitrogen and oxygen atoms in total. The maximum absolute atomic E-state index is 12.2. The minimum atomic E-state index is -0.190. The molecule has 3 aromatic rings. The maximum atomic E-state index is 12.2. The van der Waals surface area contributed by atoms with E-state index in [2.05, 4.69) is 22.7 Å². The van der Waals surface area contributed by atoms with Gasteiger partial charge in [0.2, 0.25) is 0 Å². The van der Waals surface area contributed by atoms with Crippen LogP contribution in [0, 0.1) is 0 Å². The molecule has 1 amide bonds. The lowest BCUT2D eigenvalue weighted by atomic mass is 10.2. The molecule has 1 N–H and O–H groups in total. The van der Waals surface area contributed by atoms with Gasteiger partial charge in [0.1, 0.15) is 11.5 Å². The van der Waals surface area contributed by atoms with Gasteiger partial charge >= 0.3 is 0 Å². The lowest BCUT2D eigenvalue weighted by Crippen LogP contribution is -2.26. The summed E-state index contributed by atoms with van der Waals surface area (Å²) in [6.45, 7) is 1.88. The molecule has 0 bridgehead atoms. The lowest BCUT2D eigenvalue weighted by molar-refractivity contribution is -0.120. The monoisotopic (exact) mass is 390 g/mol. The fraction of sp³-hybridized carbons (Fsp3) is 0.130. The standard InChI is InChI=1S/C23H22N2O2S/c1-18(28-17-19-9-4-2-5-10-19)23(26)25-24-16-20-11-8-14-22(15-20)27-21-12-6-3-7-13-21/h2-16,18H,17H2,1H3,(H,25,26)/b24-16-/t18-/m1/s1. The van der Waals surface area contributed by atoms with Gasteiger partial charge in [-0.1, -0.05) is 60.7 Å². The Balaban J connectivity index is 1.49. The number of hydrogen-bond donors (Lipinski definition) is 1. The SMILES string of the molecule is C[C@@H](SCc1ccccc1)C(=O)N/N=C\c1cccc(Oc2ccccc2)c1. The summed E-state index contributed by atoms with van der Waals surface area (Å²) in [6, 6.07) is 27.2. The van der Waals surface area contributed by atoms with Gasteiger partial charge in [0.05, 0.1) is 11.5 Å². The highest BCUT2D eigenvalue weighted by atomic mass is 32.2. The zero-order valence-corrected chi connectivity index (χ0v) is 16.4. The van der Waals surface area contributed by atoms with Crippen molar-refractivity contribution in [2.75, 3.05) is 0 Å². The minimum absolute atomic E-state index is 0.117. The number of benzene rings is 3. The summed E-state index contributed by atoms with van der Waals surface area (Å²) >= 11 is 1.58. The Morgan fingerprint density at radius 1 is 1.00 bits per heavy atom. The average Bonchev–Trinajstić information content (AvgIpc) is 2.74. The Morgan fingerprint density at radius 2 is 1.68 bits per heavy atom. The Morgan fingerprint density at radius 3 is 2.43 bits per heavy atom. The van der Waals surface area contributed by atoms with Crippen molar-refractivity contribution in [2.45, 2.75) is 17.9 Å². The molecular formula is C23H22N2O2S. The van der Waals surface area contributed by atoms with E-state index < -0.39 is 0 Å². The van der Waals surface area contributed by atoms with Crippen LogP contribution in [0.5, 0.6) is 11.5 Å². The van der Waals surface area contributed by atoms with E-state index in [4.69, 9.17) is 4.74 Å². The number of hydrogen-bond acceptors (Lipinski definition) is 4. The Labute approximate surface area is 169 Å². The van der Waals surface area contributed by atoms with Gasteiger partial charge in [0.15, 0.2) is 0 Å². The molecule has 0 aliphatic rings. The first-order valence-corrected chi connectivity index (χ1v) is 10.1. The fourth-order valence-corrected chi connectivity index (χ4v) is 3.25. The molecule has 142 valence electrons. The zero-order valence-electron chi connectivity index (χ0n) is 15.6. The fourth-order valence-electron chi connectivity index (χ4n) is 2.42. The molecule has 0 heterocycles. The molecule has 3 aromatic carbocycles. The number of carbonyl (C=O) groups is 1. The number of thioether (sulfide) groups is 1. The number of amides is 1. The molecular weight excluding hydrogens is 368 g/mol. The molecule has 0 aliphatic heterocycles. The van der Waals surface area contributed by atoms with E-state index in [1.165, 1.54) is 5.56 Å². The summed E-state index contributed by atoms with van der Waals surface area (Å²) < 4.78 is 5.81. The molecule has 0 fully saturated rings. The average molecular weight is 391 g/mol. The van der Waals surface area contributed by atoms with Gasteiger partial charge in [-0.05, 0) is 42.3 Å². The van der Waals surface area contributed by atoms with E-state index in [9.17, 15) is 4.79 Å². The van der Waals surface area contributed by atoms with E-state index in [-0.39, 0.29) is 11.2 Å². The topological polar surface area (TPSA) is 50.7 Å². The number of rotatable bonds is 8. The van der Waals surface area contributed by atoms with Crippen molar-refractivity contribution in [2.24, 2.45) is 5.10 Å². The summed E-state index contributed by atoms with van der Waals surface area (Å²) in [5.41, 5.74) is 4.65. The molecule has 28 heavy (non-hydrogen) atoms. The third-order valence-electron chi connectivity index (χ3n) is 3.94. The lowest BCUT2D eigenvalue weighted by Gasteiger charge is -2.09. The third-order valence-corrected chi connectivity index (χ3v) is 5.15. The number of para-hydroxylation sites is 1. The smallest absolute Gasteiger partial charge is 0.252 e. The van der Waals surface area contributed by atoms with Crippen LogP contribution < -0.4 is 10.2 Å². The number of nitrogens with one attached hydrogen (secondary N) is 1. The first-order chi connectivity index (χ1) is 13.7. The van der Waals surface area contributed by atoms with Crippen LogP contribution >= 0.6 is 11.8 Å². The molecule has 0 saturated heterocycles. The Kier molecular flexibility index (Phi) is 7.27. The largest absolute Gasteiger partial charge is 0.457 e. The van der Waals surface area contributed by atoms with Gasteiger partial charge in [-0.15, -0.1) is 11.8 Å². The Bertz CT molecular complexity index is 914. The van der Waals surface area contributed by atoms with Gasteiger partial charge < -0.3 is 4.74 Å². The highest BCUT2D eigenvalue weighted by molar-refractivity contribution is 7.99. The molecule has 0 saturated carbocycles. The van der Waals surface area contributed by atoms with Gasteiger partial charge in [-0.25, -0.2) is 5.43 Å². The third kappa shape index (κ3) is 6.28. The van der Waals surface area contributed by atoms with Crippen LogP contribution in [0.1, 0.15) is 18.1 Å². The van der Waals surface area contributed by atoms with Crippen molar-refractivity contribution in [3.8, 4) is 11.5 Å². The van der Waals surface area contributed by atoms with Gasteiger partial charge in [-0.2, -0.15) is 5.10 Å². The van der Waals surface area contributed by atoms with Crippen LogP contribution in [0.2, 0.25) is 0 Å². The quantitative estimate of drug-likeness (QED) is 0.422. The minimum Gasteiger partial charge on any atom is -0.457 e. The van der Waals surface area contributed by atoms with Crippen molar-refractivity contribution < 1.29 is 9.53 Å². The first-order valence-electron chi connectivity index (χ1n) is 9.02. The molecule has 1 atom stereocenters. The van der Waals surface area contributed by atoms with Gasteiger partial charge in [0.25, 0.3) is 5.91 Å². The summed E-state index contributed by atoms with van der Waals surface area (Å²) in [5, 5.41) is 3.88. The summed E-state index contributed by atoms with van der Waals surface area (Å²) in [5.74, 6) is 2.16. The highest BCUT2D eigenvalue weighted by Crippen LogP contribution is 2.21. The zero-order chi connectivity index (χ0) is 19.6. The molecule has 0 unspecified atom stereocenters. The summed E-state index contributed by atoms with van der Waals surface area (Å²) in [6.07, 6.45) is 1.62. The molecule has 0 radical (unpaired) electrons. The van der Waals surface area contributed by atoms with Crippen molar-refractivity contribution in [1.29, 1.82) is 0 Å². The maximum Gasteiger partial charge on any atom is 0.252 e. The Hall–Kier alpha value is -3.05. The van der Waals surface area contributed by atoms with Gasteiger partial charge in [0, 0.05) is 5.75 Å². The van der Waals surface area contributed by atoms with E-state index in [1.807, 2.05) is 79.7 Å². The number of hydrazone groups is 1. The summed E-state index contributed by atoms with van der Waals surface area (Å²) in [7, 11) is 0. The number of ether oxygens (including phenoxy) is 1. The second-order valence-corrected chi connectivity index (χ2v) is 7.49. The molecule has 0 aromatic heterocycles.